The molecule has 1 fully saturated rings. The fourth-order valence-corrected chi connectivity index (χ4v) is 2.28. The minimum absolute atomic E-state index is 0.0634. The van der Waals surface area contributed by atoms with Crippen LogP contribution in [0.1, 0.15) is 12.0 Å². The molecule has 2 rings (SSSR count). The van der Waals surface area contributed by atoms with E-state index in [4.69, 9.17) is 9.84 Å². The second-order valence-corrected chi connectivity index (χ2v) is 4.72. The first-order valence-electron chi connectivity index (χ1n) is 6.39. The topological polar surface area (TPSA) is 66.8 Å². The predicted octanol–water partition coefficient (Wildman–Crippen LogP) is 1.07. The largest absolute Gasteiger partial charge is 0.481 e. The van der Waals surface area contributed by atoms with Gasteiger partial charge in [0.15, 0.2) is 0 Å². The van der Waals surface area contributed by atoms with E-state index in [0.717, 1.165) is 0 Å². The van der Waals surface area contributed by atoms with Crippen LogP contribution in [0, 0.1) is 5.82 Å². The molecule has 1 heterocycles. The molecule has 1 saturated heterocycles. The lowest BCUT2D eigenvalue weighted by Gasteiger charge is -2.35. The van der Waals surface area contributed by atoms with Crippen molar-refractivity contribution in [2.45, 2.75) is 18.9 Å². The van der Waals surface area contributed by atoms with Crippen molar-refractivity contribution >= 4 is 11.9 Å². The predicted molar refractivity (Wildman–Crippen MR) is 68.7 cm³/mol. The first-order chi connectivity index (χ1) is 9.56. The van der Waals surface area contributed by atoms with Crippen molar-refractivity contribution in [1.29, 1.82) is 0 Å². The summed E-state index contributed by atoms with van der Waals surface area (Å²) in [7, 11) is 0. The molecule has 108 valence electrons. The van der Waals surface area contributed by atoms with Crippen LogP contribution in [0.2, 0.25) is 0 Å². The van der Waals surface area contributed by atoms with E-state index in [-0.39, 0.29) is 31.2 Å². The van der Waals surface area contributed by atoms with Crippen molar-refractivity contribution in [3.8, 4) is 0 Å². The zero-order valence-electron chi connectivity index (χ0n) is 10.9. The summed E-state index contributed by atoms with van der Waals surface area (Å²) in [6.45, 7) is 0.984. The maximum Gasteiger partial charge on any atom is 0.305 e. The van der Waals surface area contributed by atoms with E-state index in [1.54, 1.807) is 12.1 Å². The number of carbonyl (C=O) groups is 2. The van der Waals surface area contributed by atoms with Gasteiger partial charge in [0.05, 0.1) is 32.1 Å². The highest BCUT2D eigenvalue weighted by molar-refractivity contribution is 5.80. The van der Waals surface area contributed by atoms with Gasteiger partial charge in [-0.1, -0.05) is 12.1 Å². The summed E-state index contributed by atoms with van der Waals surface area (Å²) in [4.78, 5) is 24.5. The van der Waals surface area contributed by atoms with Gasteiger partial charge in [-0.2, -0.15) is 0 Å². The van der Waals surface area contributed by atoms with Crippen molar-refractivity contribution < 1.29 is 23.8 Å². The summed E-state index contributed by atoms with van der Waals surface area (Å²) in [5.41, 5.74) is 0.579. The van der Waals surface area contributed by atoms with Gasteiger partial charge in [-0.25, -0.2) is 4.39 Å². The van der Waals surface area contributed by atoms with Crippen LogP contribution in [0.5, 0.6) is 0 Å². The van der Waals surface area contributed by atoms with Crippen LogP contribution in [-0.2, 0) is 20.7 Å². The molecule has 1 aliphatic rings. The number of benzene rings is 1. The third-order valence-corrected chi connectivity index (χ3v) is 3.20. The molecule has 0 bridgehead atoms. The van der Waals surface area contributed by atoms with E-state index in [1.807, 2.05) is 0 Å². The third-order valence-electron chi connectivity index (χ3n) is 3.20. The molecule has 5 nitrogen and oxygen atoms in total. The van der Waals surface area contributed by atoms with Gasteiger partial charge in [0, 0.05) is 6.54 Å². The number of carbonyl (C=O) groups excluding carboxylic acids is 1. The molecule has 0 aromatic heterocycles. The Balaban J connectivity index is 2.04. The van der Waals surface area contributed by atoms with Gasteiger partial charge < -0.3 is 14.7 Å². The molecule has 0 radical (unpaired) electrons. The number of hydrogen-bond acceptors (Lipinski definition) is 3. The van der Waals surface area contributed by atoms with Crippen molar-refractivity contribution in [2.75, 3.05) is 19.8 Å². The average molecular weight is 281 g/mol. The number of rotatable bonds is 4. The van der Waals surface area contributed by atoms with Gasteiger partial charge in [0.2, 0.25) is 5.91 Å². The standard InChI is InChI=1S/C14H16FNO4/c15-11-3-1-2-10(6-11)7-13(17)16-4-5-20-9-12(16)8-14(18)19/h1-3,6,12H,4-5,7-9H2,(H,18,19). The molecule has 1 N–H and O–H groups in total. The van der Waals surface area contributed by atoms with Gasteiger partial charge in [-0.15, -0.1) is 0 Å². The van der Waals surface area contributed by atoms with Gasteiger partial charge in [-0.3, -0.25) is 9.59 Å². The third kappa shape index (κ3) is 3.77. The van der Waals surface area contributed by atoms with E-state index < -0.39 is 12.0 Å². The molecule has 0 spiro atoms. The summed E-state index contributed by atoms with van der Waals surface area (Å²) in [6, 6.07) is 5.39. The molecular weight excluding hydrogens is 265 g/mol. The minimum Gasteiger partial charge on any atom is -0.481 e. The normalized spacial score (nSPS) is 18.9. The molecule has 1 amide bonds. The first-order valence-corrected chi connectivity index (χ1v) is 6.39. The smallest absolute Gasteiger partial charge is 0.305 e. The molecule has 6 heteroatoms. The van der Waals surface area contributed by atoms with Gasteiger partial charge in [0.1, 0.15) is 5.82 Å². The van der Waals surface area contributed by atoms with Crippen molar-refractivity contribution in [1.82, 2.24) is 4.90 Å². The second-order valence-electron chi connectivity index (χ2n) is 4.72. The summed E-state index contributed by atoms with van der Waals surface area (Å²) in [6.07, 6.45) is -0.0806. The van der Waals surface area contributed by atoms with Gasteiger partial charge in [0.25, 0.3) is 0 Å². The highest BCUT2D eigenvalue weighted by Gasteiger charge is 2.28. The number of morpholine rings is 1. The second kappa shape index (κ2) is 6.47. The van der Waals surface area contributed by atoms with Crippen molar-refractivity contribution in [2.24, 2.45) is 0 Å². The Morgan fingerprint density at radius 3 is 2.95 bits per heavy atom. The molecule has 1 atom stereocenters. The van der Waals surface area contributed by atoms with Crippen LogP contribution in [0.25, 0.3) is 0 Å². The Kier molecular flexibility index (Phi) is 4.68. The van der Waals surface area contributed by atoms with E-state index in [2.05, 4.69) is 0 Å². The van der Waals surface area contributed by atoms with Crippen molar-refractivity contribution in [3.05, 3.63) is 35.6 Å². The maximum absolute atomic E-state index is 13.1. The number of hydrogen-bond donors (Lipinski definition) is 1. The molecular formula is C14H16FNO4. The SMILES string of the molecule is O=C(O)CC1COCCN1C(=O)Cc1cccc(F)c1. The van der Waals surface area contributed by atoms with Crippen LogP contribution >= 0.6 is 0 Å². The Hall–Kier alpha value is -1.95. The van der Waals surface area contributed by atoms with E-state index in [0.29, 0.717) is 18.7 Å². The Bertz CT molecular complexity index is 506. The maximum atomic E-state index is 13.1. The highest BCUT2D eigenvalue weighted by atomic mass is 19.1. The van der Waals surface area contributed by atoms with Crippen LogP contribution < -0.4 is 0 Å². The minimum atomic E-state index is -0.968. The number of carboxylic acids is 1. The van der Waals surface area contributed by atoms with E-state index in [1.165, 1.54) is 17.0 Å². The monoisotopic (exact) mass is 281 g/mol. The molecule has 1 aliphatic heterocycles. The molecule has 0 aliphatic carbocycles. The fraction of sp³-hybridized carbons (Fsp3) is 0.429. The van der Waals surface area contributed by atoms with Crippen LogP contribution in [0.15, 0.2) is 24.3 Å². The Labute approximate surface area is 116 Å². The zero-order valence-corrected chi connectivity index (χ0v) is 10.9. The van der Waals surface area contributed by atoms with Crippen molar-refractivity contribution in [3.63, 3.8) is 0 Å². The average Bonchev–Trinajstić information content (AvgIpc) is 2.38. The number of nitrogens with zero attached hydrogens (tertiary/aromatic N) is 1. The molecule has 0 saturated carbocycles. The summed E-state index contributed by atoms with van der Waals surface area (Å²) in [5, 5.41) is 8.85. The summed E-state index contributed by atoms with van der Waals surface area (Å²) < 4.78 is 18.3. The lowest BCUT2D eigenvalue weighted by molar-refractivity contribution is -0.145. The molecule has 1 aromatic carbocycles. The number of halogens is 1. The number of amides is 1. The molecule has 1 aromatic rings. The summed E-state index contributed by atoms with van der Waals surface area (Å²) >= 11 is 0. The Morgan fingerprint density at radius 1 is 1.45 bits per heavy atom. The molecule has 20 heavy (non-hydrogen) atoms. The van der Waals surface area contributed by atoms with E-state index >= 15 is 0 Å². The number of ether oxygens (including phenoxy) is 1. The number of aliphatic carboxylic acids is 1. The summed E-state index contributed by atoms with van der Waals surface area (Å²) in [5.74, 6) is -1.56. The van der Waals surface area contributed by atoms with Crippen LogP contribution in [0.4, 0.5) is 4.39 Å². The first kappa shape index (κ1) is 14.5. The fourth-order valence-electron chi connectivity index (χ4n) is 2.28. The lowest BCUT2D eigenvalue weighted by Crippen LogP contribution is -2.50. The lowest BCUT2D eigenvalue weighted by atomic mass is 10.1. The van der Waals surface area contributed by atoms with Gasteiger partial charge >= 0.3 is 5.97 Å². The highest BCUT2D eigenvalue weighted by Crippen LogP contribution is 2.14. The van der Waals surface area contributed by atoms with Crippen LogP contribution in [-0.4, -0.2) is 47.7 Å². The molecule has 1 unspecified atom stereocenters. The van der Waals surface area contributed by atoms with Gasteiger partial charge in [-0.05, 0) is 17.7 Å². The Morgan fingerprint density at radius 2 is 2.25 bits per heavy atom. The number of carboxylic acid groups (broad SMARTS) is 1. The quantitative estimate of drug-likeness (QED) is 0.896. The van der Waals surface area contributed by atoms with E-state index in [9.17, 15) is 14.0 Å². The van der Waals surface area contributed by atoms with Crippen LogP contribution in [0.3, 0.4) is 0 Å². The zero-order chi connectivity index (χ0) is 14.5.